The first-order chi connectivity index (χ1) is 15.0. The summed E-state index contributed by atoms with van der Waals surface area (Å²) in [5, 5.41) is 15.3. The second kappa shape index (κ2) is 6.73. The zero-order valence-electron chi connectivity index (χ0n) is 19.4. The monoisotopic (exact) mass is 434 g/mol. The maximum Gasteiger partial charge on any atom is 0.253 e. The molecule has 8 heteroatoms. The molecule has 1 amide bonds. The molecule has 0 bridgehead atoms. The van der Waals surface area contributed by atoms with E-state index < -0.39 is 5.41 Å². The first-order valence-electron chi connectivity index (χ1n) is 11.3. The first-order valence-corrected chi connectivity index (χ1v) is 11.3. The van der Waals surface area contributed by atoms with Crippen LogP contribution in [-0.4, -0.2) is 54.9 Å². The molecular weight excluding hydrogens is 404 g/mol. The third kappa shape index (κ3) is 2.92. The fourth-order valence-corrected chi connectivity index (χ4v) is 5.48. The highest BCUT2D eigenvalue weighted by Gasteiger charge is 2.56. The number of nitrogens with one attached hydrogen (secondary N) is 1. The molecule has 3 heterocycles. The van der Waals surface area contributed by atoms with Crippen LogP contribution in [0, 0.1) is 10.8 Å². The fourth-order valence-electron chi connectivity index (χ4n) is 5.48. The van der Waals surface area contributed by atoms with Crippen molar-refractivity contribution in [3.63, 3.8) is 0 Å². The number of nitrogens with zero attached hydrogens (tertiary/aromatic N) is 5. The summed E-state index contributed by atoms with van der Waals surface area (Å²) in [6, 6.07) is 5.40. The van der Waals surface area contributed by atoms with E-state index in [1.165, 1.54) is 0 Å². The van der Waals surface area contributed by atoms with Gasteiger partial charge in [0.25, 0.3) is 5.91 Å². The Bertz CT molecular complexity index is 1220. The molecular formula is C24H30N6O2. The average Bonchev–Trinajstić information content (AvgIpc) is 3.38. The maximum atomic E-state index is 13.7. The van der Waals surface area contributed by atoms with Crippen molar-refractivity contribution in [3.8, 4) is 0 Å². The third-order valence-electron chi connectivity index (χ3n) is 7.69. The molecule has 1 saturated heterocycles. The largest absolute Gasteiger partial charge is 0.339 e. The second-order valence-electron chi connectivity index (χ2n) is 10.8. The van der Waals surface area contributed by atoms with Crippen molar-refractivity contribution >= 4 is 22.7 Å². The Hall–Kier alpha value is -3.03. The summed E-state index contributed by atoms with van der Waals surface area (Å²) in [4.78, 5) is 28.8. The Morgan fingerprint density at radius 1 is 1.09 bits per heavy atom. The van der Waals surface area contributed by atoms with Crippen LogP contribution in [0.5, 0.6) is 0 Å². The Balaban J connectivity index is 1.40. The van der Waals surface area contributed by atoms with Crippen LogP contribution >= 0.6 is 0 Å². The minimum atomic E-state index is -0.516. The number of amides is 1. The molecule has 2 aliphatic rings. The summed E-state index contributed by atoms with van der Waals surface area (Å²) in [5.74, 6) is 0.174. The minimum absolute atomic E-state index is 0.00549. The van der Waals surface area contributed by atoms with Gasteiger partial charge in [0.15, 0.2) is 5.78 Å². The number of rotatable bonds is 1. The predicted molar refractivity (Wildman–Crippen MR) is 120 cm³/mol. The van der Waals surface area contributed by atoms with Crippen LogP contribution in [0.2, 0.25) is 0 Å². The fraction of sp³-hybridized carbons (Fsp3) is 0.542. The summed E-state index contributed by atoms with van der Waals surface area (Å²) in [7, 11) is 0. The lowest BCUT2D eigenvalue weighted by molar-refractivity contribution is -0.00118. The summed E-state index contributed by atoms with van der Waals surface area (Å²) >= 11 is 0. The van der Waals surface area contributed by atoms with Gasteiger partial charge >= 0.3 is 0 Å². The van der Waals surface area contributed by atoms with E-state index in [1.54, 1.807) is 12.1 Å². The Labute approximate surface area is 187 Å². The van der Waals surface area contributed by atoms with Crippen LogP contribution in [0.1, 0.15) is 73.9 Å². The number of fused-ring (bicyclic) bond motifs is 2. The molecule has 1 aromatic carbocycles. The van der Waals surface area contributed by atoms with Gasteiger partial charge in [0.1, 0.15) is 16.7 Å². The van der Waals surface area contributed by atoms with E-state index in [2.05, 4.69) is 55.1 Å². The summed E-state index contributed by atoms with van der Waals surface area (Å²) < 4.78 is 1.89. The van der Waals surface area contributed by atoms with Crippen molar-refractivity contribution in [3.05, 3.63) is 41.2 Å². The molecule has 0 saturated carbocycles. The SMILES string of the molecule is CC(C)(C)n1ncc2c1C(=O)C(C)(C)C1(CCN(C(=O)c3ccc4n[nH]nc4c3)CC1)C2. The average molecular weight is 435 g/mol. The van der Waals surface area contributed by atoms with Crippen LogP contribution in [0.15, 0.2) is 24.4 Å². The predicted octanol–water partition coefficient (Wildman–Crippen LogP) is 3.60. The van der Waals surface area contributed by atoms with Gasteiger partial charge in [-0.1, -0.05) is 13.8 Å². The lowest BCUT2D eigenvalue weighted by Gasteiger charge is -2.53. The van der Waals surface area contributed by atoms with E-state index >= 15 is 0 Å². The van der Waals surface area contributed by atoms with Crippen molar-refractivity contribution in [2.75, 3.05) is 13.1 Å². The molecule has 8 nitrogen and oxygen atoms in total. The number of H-pyrrole nitrogens is 1. The van der Waals surface area contributed by atoms with E-state index in [1.807, 2.05) is 21.8 Å². The smallest absolute Gasteiger partial charge is 0.253 e. The molecule has 0 radical (unpaired) electrons. The Morgan fingerprint density at radius 3 is 2.47 bits per heavy atom. The number of aromatic amines is 1. The van der Waals surface area contributed by atoms with E-state index in [9.17, 15) is 9.59 Å². The van der Waals surface area contributed by atoms with Crippen molar-refractivity contribution in [2.45, 2.75) is 59.4 Å². The highest BCUT2D eigenvalue weighted by molar-refractivity contribution is 6.02. The zero-order chi connectivity index (χ0) is 22.9. The Kier molecular flexibility index (Phi) is 4.39. The number of piperidine rings is 1. The number of benzene rings is 1. The number of likely N-dealkylation sites (tertiary alicyclic amines) is 1. The molecule has 0 atom stereocenters. The second-order valence-corrected chi connectivity index (χ2v) is 10.8. The molecule has 5 rings (SSSR count). The van der Waals surface area contributed by atoms with E-state index in [-0.39, 0.29) is 22.6 Å². The van der Waals surface area contributed by atoms with Gasteiger partial charge in [0, 0.05) is 29.6 Å². The van der Waals surface area contributed by atoms with Gasteiger partial charge in [-0.3, -0.25) is 14.3 Å². The van der Waals surface area contributed by atoms with Crippen LogP contribution in [0.4, 0.5) is 0 Å². The van der Waals surface area contributed by atoms with Gasteiger partial charge < -0.3 is 4.90 Å². The number of ketones is 1. The van der Waals surface area contributed by atoms with Gasteiger partial charge in [0.05, 0.1) is 11.7 Å². The molecule has 0 unspecified atom stereocenters. The number of aromatic nitrogens is 5. The first kappa shape index (κ1) is 20.8. The van der Waals surface area contributed by atoms with Gasteiger partial charge in [-0.05, 0) is 63.6 Å². The summed E-state index contributed by atoms with van der Waals surface area (Å²) in [6.45, 7) is 11.6. The molecule has 1 aliphatic carbocycles. The molecule has 1 spiro atoms. The van der Waals surface area contributed by atoms with Gasteiger partial charge in [-0.25, -0.2) is 0 Å². The van der Waals surface area contributed by atoms with Crippen molar-refractivity contribution in [1.82, 2.24) is 30.1 Å². The van der Waals surface area contributed by atoms with E-state index in [0.29, 0.717) is 24.2 Å². The molecule has 3 aromatic rings. The molecule has 32 heavy (non-hydrogen) atoms. The quantitative estimate of drug-likeness (QED) is 0.631. The summed E-state index contributed by atoms with van der Waals surface area (Å²) in [5.41, 5.74) is 2.92. The molecule has 168 valence electrons. The topological polar surface area (TPSA) is 96.8 Å². The minimum Gasteiger partial charge on any atom is -0.339 e. The van der Waals surface area contributed by atoms with Crippen LogP contribution in [0.25, 0.3) is 11.0 Å². The highest BCUT2D eigenvalue weighted by atomic mass is 16.2. The van der Waals surface area contributed by atoms with Crippen LogP contribution in [0.3, 0.4) is 0 Å². The molecule has 1 fully saturated rings. The summed E-state index contributed by atoms with van der Waals surface area (Å²) in [6.07, 6.45) is 4.29. The van der Waals surface area contributed by atoms with Crippen molar-refractivity contribution < 1.29 is 9.59 Å². The van der Waals surface area contributed by atoms with Gasteiger partial charge in [-0.2, -0.15) is 20.5 Å². The number of hydrogen-bond acceptors (Lipinski definition) is 5. The van der Waals surface area contributed by atoms with E-state index in [0.717, 1.165) is 36.0 Å². The number of hydrogen-bond donors (Lipinski definition) is 1. The number of Topliss-reactive ketones (excluding diaryl/α,β-unsaturated/α-hetero) is 1. The van der Waals surface area contributed by atoms with Crippen LogP contribution in [-0.2, 0) is 12.0 Å². The van der Waals surface area contributed by atoms with Crippen molar-refractivity contribution in [1.29, 1.82) is 0 Å². The normalized spacial score (nSPS) is 20.0. The third-order valence-corrected chi connectivity index (χ3v) is 7.69. The van der Waals surface area contributed by atoms with Gasteiger partial charge in [-0.15, -0.1) is 0 Å². The van der Waals surface area contributed by atoms with Crippen molar-refractivity contribution in [2.24, 2.45) is 10.8 Å². The van der Waals surface area contributed by atoms with Gasteiger partial charge in [0.2, 0.25) is 0 Å². The lowest BCUT2D eigenvalue weighted by Crippen LogP contribution is -2.55. The number of carbonyl (C=O) groups is 2. The standard InChI is InChI=1S/C24H30N6O2/c1-22(2,3)30-19-16(14-25-30)13-24(23(4,5)20(19)31)8-10-29(11-9-24)21(32)15-6-7-17-18(12-15)27-28-26-17/h6-7,12,14H,8-11,13H2,1-5H3,(H,26,27,28). The maximum absolute atomic E-state index is 13.7. The number of carbonyl (C=O) groups excluding carboxylic acids is 2. The van der Waals surface area contributed by atoms with E-state index in [4.69, 9.17) is 0 Å². The Morgan fingerprint density at radius 2 is 1.78 bits per heavy atom. The molecule has 2 aromatic heterocycles. The highest BCUT2D eigenvalue weighted by Crippen LogP contribution is 2.54. The lowest BCUT2D eigenvalue weighted by atomic mass is 9.53. The van der Waals surface area contributed by atoms with Crippen LogP contribution < -0.4 is 0 Å². The molecule has 1 N–H and O–H groups in total. The molecule has 1 aliphatic heterocycles. The zero-order valence-corrected chi connectivity index (χ0v) is 19.4.